The van der Waals surface area contributed by atoms with Crippen LogP contribution >= 0.6 is 15.9 Å². The highest BCUT2D eigenvalue weighted by molar-refractivity contribution is 9.10. The van der Waals surface area contributed by atoms with Crippen molar-refractivity contribution < 1.29 is 14.7 Å². The average molecular weight is 471 g/mol. The Hall–Kier alpha value is -2.60. The average Bonchev–Trinajstić information content (AvgIpc) is 3.00. The molecule has 1 atom stereocenters. The molecule has 0 radical (unpaired) electrons. The van der Waals surface area contributed by atoms with Crippen LogP contribution in [0.2, 0.25) is 0 Å². The van der Waals surface area contributed by atoms with Crippen molar-refractivity contribution in [1.29, 1.82) is 0 Å². The van der Waals surface area contributed by atoms with Crippen molar-refractivity contribution in [3.8, 4) is 0 Å². The van der Waals surface area contributed by atoms with E-state index in [9.17, 15) is 14.7 Å². The Morgan fingerprint density at radius 2 is 1.60 bits per heavy atom. The summed E-state index contributed by atoms with van der Waals surface area (Å²) in [5, 5.41) is 11.0. The van der Waals surface area contributed by atoms with Crippen LogP contribution < -0.4 is 4.90 Å². The second-order valence-electron chi connectivity index (χ2n) is 7.26. The summed E-state index contributed by atoms with van der Waals surface area (Å²) in [6.45, 7) is 8.41. The Labute approximate surface area is 186 Å². The van der Waals surface area contributed by atoms with E-state index >= 15 is 0 Å². The normalized spacial score (nSPS) is 18.1. The van der Waals surface area contributed by atoms with Gasteiger partial charge in [-0.1, -0.05) is 47.1 Å². The number of anilines is 1. The highest BCUT2D eigenvalue weighted by atomic mass is 79.9. The number of halogens is 1. The van der Waals surface area contributed by atoms with Crippen LogP contribution in [0.15, 0.2) is 58.6 Å². The Kier molecular flexibility index (Phi) is 6.98. The van der Waals surface area contributed by atoms with E-state index in [1.807, 2.05) is 31.2 Å². The minimum Gasteiger partial charge on any atom is -0.507 e. The van der Waals surface area contributed by atoms with Crippen molar-refractivity contribution in [3.05, 3.63) is 69.7 Å². The van der Waals surface area contributed by atoms with E-state index in [4.69, 9.17) is 0 Å². The first-order valence-electron chi connectivity index (χ1n) is 10.3. The first kappa shape index (κ1) is 22.1. The van der Waals surface area contributed by atoms with Gasteiger partial charge in [-0.2, -0.15) is 0 Å². The summed E-state index contributed by atoms with van der Waals surface area (Å²) in [6, 6.07) is 14.4. The number of Topliss-reactive ketones (excluding diaryl/α,β-unsaturated/α-hetero) is 1. The van der Waals surface area contributed by atoms with Gasteiger partial charge in [0.15, 0.2) is 0 Å². The fourth-order valence-electron chi connectivity index (χ4n) is 3.92. The first-order chi connectivity index (χ1) is 14.4. The topological polar surface area (TPSA) is 60.9 Å². The molecular formula is C24H27BrN2O3. The van der Waals surface area contributed by atoms with Crippen LogP contribution in [0, 0.1) is 0 Å². The molecule has 1 N–H and O–H groups in total. The third-order valence-corrected chi connectivity index (χ3v) is 5.99. The molecular weight excluding hydrogens is 444 g/mol. The SMILES string of the molecule is CCCN1C(=O)C(=O)/C(=C(\O)c2ccc(Br)cc2)C1c1ccc(N(CC)CC)cc1. The molecule has 5 nitrogen and oxygen atoms in total. The number of aliphatic hydroxyl groups excluding tert-OH is 1. The number of aliphatic hydroxyl groups is 1. The summed E-state index contributed by atoms with van der Waals surface area (Å²) in [5.74, 6) is -1.34. The van der Waals surface area contributed by atoms with Gasteiger partial charge in [0.2, 0.25) is 0 Å². The van der Waals surface area contributed by atoms with Gasteiger partial charge >= 0.3 is 0 Å². The number of ketones is 1. The number of nitrogens with zero attached hydrogens (tertiary/aromatic N) is 2. The third-order valence-electron chi connectivity index (χ3n) is 5.46. The molecule has 1 aliphatic heterocycles. The molecule has 3 rings (SSSR count). The van der Waals surface area contributed by atoms with Gasteiger partial charge in [-0.25, -0.2) is 0 Å². The fourth-order valence-corrected chi connectivity index (χ4v) is 4.18. The van der Waals surface area contributed by atoms with Crippen molar-refractivity contribution >= 4 is 39.1 Å². The maximum Gasteiger partial charge on any atom is 0.295 e. The summed E-state index contributed by atoms with van der Waals surface area (Å²) < 4.78 is 0.869. The maximum absolute atomic E-state index is 12.9. The Balaban J connectivity index is 2.10. The van der Waals surface area contributed by atoms with Gasteiger partial charge in [0.1, 0.15) is 5.76 Å². The van der Waals surface area contributed by atoms with Crippen LogP contribution in [-0.2, 0) is 9.59 Å². The Bertz CT molecular complexity index is 947. The van der Waals surface area contributed by atoms with Crippen LogP contribution in [0.3, 0.4) is 0 Å². The zero-order chi connectivity index (χ0) is 21.8. The van der Waals surface area contributed by atoms with E-state index in [-0.39, 0.29) is 11.3 Å². The second-order valence-corrected chi connectivity index (χ2v) is 8.18. The maximum atomic E-state index is 12.9. The predicted octanol–water partition coefficient (Wildman–Crippen LogP) is 5.13. The van der Waals surface area contributed by atoms with Gasteiger partial charge in [-0.05, 0) is 50.1 Å². The third kappa shape index (κ3) is 4.15. The number of hydrogen-bond acceptors (Lipinski definition) is 4. The molecule has 1 amide bonds. The number of benzene rings is 2. The monoisotopic (exact) mass is 470 g/mol. The summed E-state index contributed by atoms with van der Waals surface area (Å²) in [7, 11) is 0. The lowest BCUT2D eigenvalue weighted by atomic mass is 9.95. The summed E-state index contributed by atoms with van der Waals surface area (Å²) in [4.78, 5) is 29.5. The van der Waals surface area contributed by atoms with Crippen LogP contribution in [0.1, 0.15) is 44.4 Å². The molecule has 1 unspecified atom stereocenters. The molecule has 0 aromatic heterocycles. The van der Waals surface area contributed by atoms with Gasteiger partial charge < -0.3 is 14.9 Å². The largest absolute Gasteiger partial charge is 0.507 e. The van der Waals surface area contributed by atoms with Crippen molar-refractivity contribution in [3.63, 3.8) is 0 Å². The molecule has 1 heterocycles. The molecule has 2 aromatic rings. The molecule has 158 valence electrons. The number of carbonyl (C=O) groups excluding carboxylic acids is 2. The number of rotatable bonds is 7. The van der Waals surface area contributed by atoms with Gasteiger partial charge in [0.25, 0.3) is 11.7 Å². The first-order valence-corrected chi connectivity index (χ1v) is 11.1. The lowest BCUT2D eigenvalue weighted by Crippen LogP contribution is -2.30. The summed E-state index contributed by atoms with van der Waals surface area (Å²) in [5.41, 5.74) is 2.56. The molecule has 1 saturated heterocycles. The summed E-state index contributed by atoms with van der Waals surface area (Å²) >= 11 is 3.38. The predicted molar refractivity (Wildman–Crippen MR) is 123 cm³/mol. The van der Waals surface area contributed by atoms with Crippen molar-refractivity contribution in [2.45, 2.75) is 33.2 Å². The quantitative estimate of drug-likeness (QED) is 0.346. The van der Waals surface area contributed by atoms with Crippen LogP contribution in [0.4, 0.5) is 5.69 Å². The van der Waals surface area contributed by atoms with Crippen LogP contribution in [0.5, 0.6) is 0 Å². The van der Waals surface area contributed by atoms with Crippen molar-refractivity contribution in [2.75, 3.05) is 24.5 Å². The van der Waals surface area contributed by atoms with E-state index in [0.717, 1.165) is 35.2 Å². The zero-order valence-corrected chi connectivity index (χ0v) is 19.1. The zero-order valence-electron chi connectivity index (χ0n) is 17.6. The lowest BCUT2D eigenvalue weighted by Gasteiger charge is -2.26. The van der Waals surface area contributed by atoms with Gasteiger partial charge in [-0.3, -0.25) is 9.59 Å². The van der Waals surface area contributed by atoms with E-state index in [0.29, 0.717) is 12.1 Å². The smallest absolute Gasteiger partial charge is 0.295 e. The Morgan fingerprint density at radius 3 is 2.13 bits per heavy atom. The molecule has 0 saturated carbocycles. The molecule has 1 fully saturated rings. The van der Waals surface area contributed by atoms with Gasteiger partial charge in [0, 0.05) is 35.4 Å². The molecule has 0 bridgehead atoms. The van der Waals surface area contributed by atoms with Gasteiger partial charge in [-0.15, -0.1) is 0 Å². The number of hydrogen-bond donors (Lipinski definition) is 1. The minimum atomic E-state index is -0.637. The standard InChI is InChI=1S/C24H27BrN2O3/c1-4-15-27-21(16-9-13-19(14-10-16)26(5-2)6-3)20(23(29)24(27)30)22(28)17-7-11-18(25)12-8-17/h7-14,21,28H,4-6,15H2,1-3H3/b22-20-. The minimum absolute atomic E-state index is 0.141. The van der Waals surface area contributed by atoms with E-state index in [1.54, 1.807) is 29.2 Å². The summed E-state index contributed by atoms with van der Waals surface area (Å²) in [6.07, 6.45) is 0.722. The molecule has 1 aliphatic rings. The van der Waals surface area contributed by atoms with Gasteiger partial charge in [0.05, 0.1) is 11.6 Å². The van der Waals surface area contributed by atoms with E-state index in [2.05, 4.69) is 34.7 Å². The highest BCUT2D eigenvalue weighted by Gasteiger charge is 2.45. The highest BCUT2D eigenvalue weighted by Crippen LogP contribution is 2.40. The Morgan fingerprint density at radius 1 is 1.00 bits per heavy atom. The molecule has 2 aromatic carbocycles. The van der Waals surface area contributed by atoms with E-state index in [1.165, 1.54) is 0 Å². The molecule has 6 heteroatoms. The molecule has 0 spiro atoms. The lowest BCUT2D eigenvalue weighted by molar-refractivity contribution is -0.139. The van der Waals surface area contributed by atoms with Crippen molar-refractivity contribution in [2.24, 2.45) is 0 Å². The fraction of sp³-hybridized carbons (Fsp3) is 0.333. The molecule has 0 aliphatic carbocycles. The second kappa shape index (κ2) is 9.47. The van der Waals surface area contributed by atoms with Crippen molar-refractivity contribution in [1.82, 2.24) is 4.90 Å². The number of amides is 1. The van der Waals surface area contributed by atoms with Crippen LogP contribution in [-0.4, -0.2) is 41.3 Å². The number of carbonyl (C=O) groups is 2. The van der Waals surface area contributed by atoms with E-state index < -0.39 is 17.7 Å². The molecule has 30 heavy (non-hydrogen) atoms. The van der Waals surface area contributed by atoms with Crippen LogP contribution in [0.25, 0.3) is 5.76 Å². The number of likely N-dealkylation sites (tertiary alicyclic amines) is 1.